The van der Waals surface area contributed by atoms with Crippen molar-refractivity contribution in [1.82, 2.24) is 4.98 Å². The van der Waals surface area contributed by atoms with E-state index >= 15 is 0 Å². The number of thioether (sulfide) groups is 2. The first-order valence-corrected chi connectivity index (χ1v) is 12.5. The third-order valence-corrected chi connectivity index (χ3v) is 6.36. The van der Waals surface area contributed by atoms with E-state index in [-0.39, 0.29) is 11.8 Å². The van der Waals surface area contributed by atoms with Gasteiger partial charge < -0.3 is 10.1 Å². The topological polar surface area (TPSA) is 51.2 Å². The molecule has 2 aromatic rings. The van der Waals surface area contributed by atoms with Crippen LogP contribution < -0.4 is 10.1 Å². The average molecular weight is 433 g/mol. The van der Waals surface area contributed by atoms with E-state index in [1.807, 2.05) is 49.8 Å². The average Bonchev–Trinajstić information content (AvgIpc) is 2.74. The first-order chi connectivity index (χ1) is 14.0. The van der Waals surface area contributed by atoms with Crippen molar-refractivity contribution in [3.8, 4) is 5.75 Å². The van der Waals surface area contributed by atoms with Gasteiger partial charge in [-0.05, 0) is 49.6 Å². The number of unbranched alkanes of at least 4 members (excludes halogenated alkanes) is 3. The number of carbonyl (C=O) groups is 1. The second-order valence-electron chi connectivity index (χ2n) is 7.01. The summed E-state index contributed by atoms with van der Waals surface area (Å²) in [4.78, 5) is 19.0. The number of aromatic nitrogens is 1. The lowest BCUT2D eigenvalue weighted by Crippen LogP contribution is -2.22. The maximum Gasteiger partial charge on any atom is 0.232 e. The highest BCUT2D eigenvalue weighted by molar-refractivity contribution is 7.99. The number of anilines is 1. The summed E-state index contributed by atoms with van der Waals surface area (Å²) in [5.74, 6) is 0.641. The number of pyridine rings is 1. The molecule has 1 heterocycles. The van der Waals surface area contributed by atoms with Crippen molar-refractivity contribution < 1.29 is 9.53 Å². The van der Waals surface area contributed by atoms with Crippen molar-refractivity contribution in [3.63, 3.8) is 0 Å². The number of hydrogen-bond acceptors (Lipinski definition) is 5. The molecule has 0 bridgehead atoms. The number of ether oxygens (including phenoxy) is 1. The molecule has 0 saturated carbocycles. The lowest BCUT2D eigenvalue weighted by Gasteiger charge is -2.20. The number of aryl methyl sites for hydroxylation is 1. The van der Waals surface area contributed by atoms with Gasteiger partial charge in [0.15, 0.2) is 0 Å². The molecule has 0 radical (unpaired) electrons. The minimum atomic E-state index is -0.191. The van der Waals surface area contributed by atoms with Crippen molar-refractivity contribution in [2.75, 3.05) is 24.9 Å². The Balaban J connectivity index is 2.29. The van der Waals surface area contributed by atoms with Crippen molar-refractivity contribution in [2.24, 2.45) is 0 Å². The minimum absolute atomic E-state index is 0.0305. The van der Waals surface area contributed by atoms with Crippen LogP contribution in [-0.4, -0.2) is 30.5 Å². The lowest BCUT2D eigenvalue weighted by molar-refractivity contribution is -0.117. The number of rotatable bonds is 11. The second-order valence-corrected chi connectivity index (χ2v) is 8.66. The maximum atomic E-state index is 13.4. The van der Waals surface area contributed by atoms with Gasteiger partial charge in [-0.1, -0.05) is 44.7 Å². The molecule has 6 heteroatoms. The van der Waals surface area contributed by atoms with Gasteiger partial charge in [-0.2, -0.15) is 0 Å². The summed E-state index contributed by atoms with van der Waals surface area (Å²) in [6.45, 7) is 4.19. The van der Waals surface area contributed by atoms with Crippen LogP contribution in [0, 0.1) is 6.92 Å². The van der Waals surface area contributed by atoms with Crippen LogP contribution in [0.3, 0.4) is 0 Å². The molecule has 0 fully saturated rings. The molecular weight excluding hydrogens is 400 g/mol. The Morgan fingerprint density at radius 1 is 1.14 bits per heavy atom. The van der Waals surface area contributed by atoms with E-state index in [0.29, 0.717) is 0 Å². The molecule has 1 unspecified atom stereocenters. The number of nitrogens with one attached hydrogen (secondary N) is 1. The van der Waals surface area contributed by atoms with E-state index in [1.165, 1.54) is 12.8 Å². The van der Waals surface area contributed by atoms with Crippen LogP contribution in [0.4, 0.5) is 5.69 Å². The van der Waals surface area contributed by atoms with Crippen LogP contribution in [-0.2, 0) is 4.79 Å². The molecule has 1 amide bonds. The van der Waals surface area contributed by atoms with Gasteiger partial charge in [0.25, 0.3) is 0 Å². The SMILES string of the molecule is CCCCCCC(C(=O)Nc1c(SC)cc(C)nc1SC)c1ccc(OC)cc1. The van der Waals surface area contributed by atoms with Crippen molar-refractivity contribution in [3.05, 3.63) is 41.6 Å². The molecule has 0 spiro atoms. The number of nitrogens with zero attached hydrogens (tertiary/aromatic N) is 1. The van der Waals surface area contributed by atoms with Crippen LogP contribution in [0.2, 0.25) is 0 Å². The van der Waals surface area contributed by atoms with Gasteiger partial charge >= 0.3 is 0 Å². The van der Waals surface area contributed by atoms with E-state index in [4.69, 9.17) is 4.74 Å². The quantitative estimate of drug-likeness (QED) is 0.323. The standard InChI is InChI=1S/C23H32N2O2S2/c1-6-7-8-9-10-19(17-11-13-18(27-3)14-12-17)22(26)25-21-20(28-4)15-16(2)24-23(21)29-5/h11-15,19H,6-10H2,1-5H3,(H,25,26). The lowest BCUT2D eigenvalue weighted by atomic mass is 9.92. The Kier molecular flexibility index (Phi) is 9.88. The zero-order valence-corrected chi connectivity index (χ0v) is 19.7. The minimum Gasteiger partial charge on any atom is -0.497 e. The smallest absolute Gasteiger partial charge is 0.232 e. The van der Waals surface area contributed by atoms with E-state index in [2.05, 4.69) is 17.2 Å². The largest absolute Gasteiger partial charge is 0.497 e. The summed E-state index contributed by atoms with van der Waals surface area (Å²) in [7, 11) is 1.65. The maximum absolute atomic E-state index is 13.4. The summed E-state index contributed by atoms with van der Waals surface area (Å²) < 4.78 is 5.28. The molecule has 0 aliphatic rings. The molecule has 0 saturated heterocycles. The van der Waals surface area contributed by atoms with Crippen LogP contribution >= 0.6 is 23.5 Å². The first-order valence-electron chi connectivity index (χ1n) is 10.1. The molecule has 2 rings (SSSR count). The van der Waals surface area contributed by atoms with Crippen LogP contribution in [0.5, 0.6) is 5.75 Å². The molecule has 29 heavy (non-hydrogen) atoms. The number of benzene rings is 1. The second kappa shape index (κ2) is 12.1. The fraction of sp³-hybridized carbons (Fsp3) is 0.478. The Bertz CT molecular complexity index is 769. The molecule has 0 aliphatic carbocycles. The Morgan fingerprint density at radius 2 is 1.86 bits per heavy atom. The van der Waals surface area contributed by atoms with E-state index < -0.39 is 0 Å². The predicted molar refractivity (Wildman–Crippen MR) is 126 cm³/mol. The van der Waals surface area contributed by atoms with Crippen LogP contribution in [0.1, 0.15) is 56.2 Å². The van der Waals surface area contributed by atoms with Gasteiger partial charge in [0, 0.05) is 10.6 Å². The van der Waals surface area contributed by atoms with Crippen LogP contribution in [0.25, 0.3) is 0 Å². The Labute approximate surface area is 183 Å². The number of carbonyl (C=O) groups excluding carboxylic acids is 1. The Morgan fingerprint density at radius 3 is 2.45 bits per heavy atom. The van der Waals surface area contributed by atoms with Crippen molar-refractivity contribution in [1.29, 1.82) is 0 Å². The van der Waals surface area contributed by atoms with Crippen molar-refractivity contribution >= 4 is 35.1 Å². The Hall–Kier alpha value is -1.66. The third-order valence-electron chi connectivity index (χ3n) is 4.92. The fourth-order valence-electron chi connectivity index (χ4n) is 3.31. The number of hydrogen-bond donors (Lipinski definition) is 1. The van der Waals surface area contributed by atoms with Gasteiger partial charge in [-0.3, -0.25) is 4.79 Å². The van der Waals surface area contributed by atoms with Crippen molar-refractivity contribution in [2.45, 2.75) is 61.8 Å². The summed E-state index contributed by atoms with van der Waals surface area (Å²) in [6, 6.07) is 9.89. The number of methoxy groups -OCH3 is 1. The van der Waals surface area contributed by atoms with E-state index in [0.717, 1.165) is 51.9 Å². The fourth-order valence-corrected chi connectivity index (χ4v) is 4.62. The zero-order chi connectivity index (χ0) is 21.2. The molecule has 1 aromatic heterocycles. The van der Waals surface area contributed by atoms with E-state index in [9.17, 15) is 4.79 Å². The van der Waals surface area contributed by atoms with Gasteiger partial charge in [-0.25, -0.2) is 4.98 Å². The van der Waals surface area contributed by atoms with E-state index in [1.54, 1.807) is 30.6 Å². The summed E-state index contributed by atoms with van der Waals surface area (Å²) in [5, 5.41) is 4.07. The highest BCUT2D eigenvalue weighted by Crippen LogP contribution is 2.35. The molecule has 1 N–H and O–H groups in total. The molecule has 1 aromatic carbocycles. The summed E-state index contributed by atoms with van der Waals surface area (Å²) >= 11 is 3.20. The monoisotopic (exact) mass is 432 g/mol. The normalized spacial score (nSPS) is 11.9. The molecular formula is C23H32N2O2S2. The first kappa shape index (κ1) is 23.6. The predicted octanol–water partition coefficient (Wildman–Crippen LogP) is 6.54. The van der Waals surface area contributed by atoms with Gasteiger partial charge in [0.1, 0.15) is 10.8 Å². The molecule has 158 valence electrons. The molecule has 4 nitrogen and oxygen atoms in total. The van der Waals surface area contributed by atoms with Gasteiger partial charge in [0.05, 0.1) is 18.7 Å². The van der Waals surface area contributed by atoms with Crippen LogP contribution in [0.15, 0.2) is 40.3 Å². The van der Waals surface area contributed by atoms with Gasteiger partial charge in [-0.15, -0.1) is 23.5 Å². The highest BCUT2D eigenvalue weighted by Gasteiger charge is 2.23. The zero-order valence-electron chi connectivity index (χ0n) is 18.1. The summed E-state index contributed by atoms with van der Waals surface area (Å²) in [5.41, 5.74) is 2.81. The molecule has 0 aliphatic heterocycles. The number of amides is 1. The molecule has 1 atom stereocenters. The van der Waals surface area contributed by atoms with Gasteiger partial charge in [0.2, 0.25) is 5.91 Å². The third kappa shape index (κ3) is 6.68. The highest BCUT2D eigenvalue weighted by atomic mass is 32.2. The summed E-state index contributed by atoms with van der Waals surface area (Å²) in [6.07, 6.45) is 9.42.